The number of carbonyl (C=O) groups is 1. The van der Waals surface area contributed by atoms with Crippen LogP contribution in [0.5, 0.6) is 5.75 Å². The summed E-state index contributed by atoms with van der Waals surface area (Å²) >= 11 is 0. The summed E-state index contributed by atoms with van der Waals surface area (Å²) in [6.07, 6.45) is 1.42. The fourth-order valence-corrected chi connectivity index (χ4v) is 2.59. The Labute approximate surface area is 161 Å². The van der Waals surface area contributed by atoms with Crippen LogP contribution in [0, 0.1) is 5.82 Å². The summed E-state index contributed by atoms with van der Waals surface area (Å²) in [5, 5.41) is 15.1. The van der Waals surface area contributed by atoms with E-state index in [1.165, 1.54) is 12.1 Å². The Balaban J connectivity index is 0.00000364. The maximum Gasteiger partial charge on any atom is 0.314 e. The molecule has 0 aliphatic rings. The van der Waals surface area contributed by atoms with E-state index in [9.17, 15) is 14.3 Å². The van der Waals surface area contributed by atoms with Gasteiger partial charge in [-0.15, -0.1) is 0 Å². The average molecular weight is 375 g/mol. The molecule has 2 amide bonds. The number of rotatable bonds is 8. The second-order valence-electron chi connectivity index (χ2n) is 6.50. The largest absolute Gasteiger partial charge is 0.508 e. The molecule has 2 rings (SSSR count). The Morgan fingerprint density at radius 3 is 2.22 bits per heavy atom. The van der Waals surface area contributed by atoms with Crippen LogP contribution in [0.4, 0.5) is 9.18 Å². The number of aromatic hydroxyl groups is 1. The molecule has 0 fully saturated rings. The highest BCUT2D eigenvalue weighted by Crippen LogP contribution is 2.12. The molecule has 1 unspecified atom stereocenters. The van der Waals surface area contributed by atoms with E-state index in [1.807, 2.05) is 26.2 Å². The summed E-state index contributed by atoms with van der Waals surface area (Å²) in [6.45, 7) is 0.998. The van der Waals surface area contributed by atoms with Crippen LogP contribution in [-0.4, -0.2) is 49.3 Å². The van der Waals surface area contributed by atoms with Crippen LogP contribution in [0.25, 0.3) is 0 Å². The number of hydrogen-bond acceptors (Lipinski definition) is 3. The maximum absolute atomic E-state index is 12.9. The SMILES string of the molecule is C.CN(C)C(CNC(=O)NCCc1ccc(F)cc1)Cc1ccc(O)cc1. The topological polar surface area (TPSA) is 64.6 Å². The minimum atomic E-state index is -0.261. The lowest BCUT2D eigenvalue weighted by molar-refractivity contribution is 0.232. The van der Waals surface area contributed by atoms with Crippen molar-refractivity contribution < 1.29 is 14.3 Å². The lowest BCUT2D eigenvalue weighted by Gasteiger charge is -2.25. The van der Waals surface area contributed by atoms with Crippen LogP contribution in [0.3, 0.4) is 0 Å². The van der Waals surface area contributed by atoms with Gasteiger partial charge in [-0.2, -0.15) is 0 Å². The third-order valence-corrected chi connectivity index (χ3v) is 4.25. The summed E-state index contributed by atoms with van der Waals surface area (Å²) in [6, 6.07) is 13.3. The van der Waals surface area contributed by atoms with Crippen molar-refractivity contribution in [2.24, 2.45) is 0 Å². The predicted octanol–water partition coefficient (Wildman–Crippen LogP) is 3.18. The molecule has 27 heavy (non-hydrogen) atoms. The molecule has 2 aromatic carbocycles. The van der Waals surface area contributed by atoms with Crippen molar-refractivity contribution in [2.45, 2.75) is 26.3 Å². The number of likely N-dealkylation sites (N-methyl/N-ethyl adjacent to an activating group) is 1. The zero-order valence-corrected chi connectivity index (χ0v) is 15.2. The number of carbonyl (C=O) groups excluding carboxylic acids is 1. The van der Waals surface area contributed by atoms with Crippen molar-refractivity contribution in [3.05, 3.63) is 65.5 Å². The van der Waals surface area contributed by atoms with Crippen LogP contribution in [0.15, 0.2) is 48.5 Å². The standard InChI is InChI=1S/C20H26FN3O2.CH4/c1-24(2)18(13-16-5-9-19(25)10-6-16)14-23-20(26)22-12-11-15-3-7-17(21)8-4-15;/h3-10,18,25H,11-14H2,1-2H3,(H2,22,23,26);1H4. The number of phenols is 1. The van der Waals surface area contributed by atoms with Crippen LogP contribution in [-0.2, 0) is 12.8 Å². The molecule has 0 radical (unpaired) electrons. The zero-order chi connectivity index (χ0) is 18.9. The minimum absolute atomic E-state index is 0. The third-order valence-electron chi connectivity index (χ3n) is 4.25. The van der Waals surface area contributed by atoms with Crippen LogP contribution in [0.1, 0.15) is 18.6 Å². The molecule has 1 atom stereocenters. The monoisotopic (exact) mass is 375 g/mol. The molecule has 0 bridgehead atoms. The first-order valence-electron chi connectivity index (χ1n) is 8.64. The first kappa shape index (κ1) is 22.4. The molecule has 0 heterocycles. The highest BCUT2D eigenvalue weighted by Gasteiger charge is 2.13. The number of nitrogens with zero attached hydrogens (tertiary/aromatic N) is 1. The second-order valence-corrected chi connectivity index (χ2v) is 6.50. The summed E-state index contributed by atoms with van der Waals surface area (Å²) in [4.78, 5) is 14.0. The lowest BCUT2D eigenvalue weighted by Crippen LogP contribution is -2.45. The normalized spacial score (nSPS) is 11.6. The van der Waals surface area contributed by atoms with E-state index < -0.39 is 0 Å². The molecule has 5 nitrogen and oxygen atoms in total. The van der Waals surface area contributed by atoms with Gasteiger partial charge in [-0.1, -0.05) is 31.7 Å². The third kappa shape index (κ3) is 8.09. The number of urea groups is 1. The number of amides is 2. The van der Waals surface area contributed by atoms with E-state index in [0.717, 1.165) is 17.5 Å². The van der Waals surface area contributed by atoms with Gasteiger partial charge in [0.25, 0.3) is 0 Å². The van der Waals surface area contributed by atoms with Crippen LogP contribution in [0.2, 0.25) is 0 Å². The molecule has 0 saturated carbocycles. The van der Waals surface area contributed by atoms with E-state index in [2.05, 4.69) is 15.5 Å². The molecule has 2 aromatic rings. The number of hydrogen-bond donors (Lipinski definition) is 3. The first-order chi connectivity index (χ1) is 12.4. The Hall–Kier alpha value is -2.60. The molecule has 0 aliphatic carbocycles. The Kier molecular flexibility index (Phi) is 9.30. The van der Waals surface area contributed by atoms with Crippen molar-refractivity contribution >= 4 is 6.03 Å². The summed E-state index contributed by atoms with van der Waals surface area (Å²) in [5.74, 6) is -0.0170. The van der Waals surface area contributed by atoms with Crippen LogP contribution >= 0.6 is 0 Å². The molecular weight excluding hydrogens is 345 g/mol. The van der Waals surface area contributed by atoms with Crippen molar-refractivity contribution in [1.29, 1.82) is 0 Å². The van der Waals surface area contributed by atoms with Gasteiger partial charge in [0.15, 0.2) is 0 Å². The Morgan fingerprint density at radius 2 is 1.63 bits per heavy atom. The zero-order valence-electron chi connectivity index (χ0n) is 15.2. The predicted molar refractivity (Wildman–Crippen MR) is 108 cm³/mol. The van der Waals surface area contributed by atoms with E-state index in [1.54, 1.807) is 24.3 Å². The molecule has 0 spiro atoms. The minimum Gasteiger partial charge on any atom is -0.508 e. The van der Waals surface area contributed by atoms with E-state index in [4.69, 9.17) is 0 Å². The van der Waals surface area contributed by atoms with Gasteiger partial charge in [0.1, 0.15) is 11.6 Å². The van der Waals surface area contributed by atoms with Gasteiger partial charge in [0, 0.05) is 19.1 Å². The number of nitrogens with one attached hydrogen (secondary N) is 2. The second kappa shape index (κ2) is 11.2. The molecular formula is C21H30FN3O2. The van der Waals surface area contributed by atoms with Crippen molar-refractivity contribution in [2.75, 3.05) is 27.2 Å². The summed E-state index contributed by atoms with van der Waals surface area (Å²) in [7, 11) is 3.94. The number of halogens is 1. The van der Waals surface area contributed by atoms with Crippen LogP contribution < -0.4 is 10.6 Å². The fourth-order valence-electron chi connectivity index (χ4n) is 2.59. The molecule has 148 valence electrons. The highest BCUT2D eigenvalue weighted by molar-refractivity contribution is 5.73. The average Bonchev–Trinajstić information content (AvgIpc) is 2.61. The fraction of sp³-hybridized carbons (Fsp3) is 0.381. The molecule has 6 heteroatoms. The molecule has 0 saturated heterocycles. The Bertz CT molecular complexity index is 688. The maximum atomic E-state index is 12.9. The van der Waals surface area contributed by atoms with E-state index >= 15 is 0 Å². The number of phenolic OH excluding ortho intramolecular Hbond substituents is 1. The molecule has 3 N–H and O–H groups in total. The summed E-state index contributed by atoms with van der Waals surface area (Å²) in [5.41, 5.74) is 2.07. The van der Waals surface area contributed by atoms with Gasteiger partial charge < -0.3 is 20.6 Å². The van der Waals surface area contributed by atoms with E-state index in [-0.39, 0.29) is 31.1 Å². The van der Waals surface area contributed by atoms with E-state index in [0.29, 0.717) is 19.5 Å². The van der Waals surface area contributed by atoms with Gasteiger partial charge in [-0.3, -0.25) is 0 Å². The van der Waals surface area contributed by atoms with Gasteiger partial charge in [-0.25, -0.2) is 9.18 Å². The van der Waals surface area contributed by atoms with Gasteiger partial charge in [0.05, 0.1) is 0 Å². The lowest BCUT2D eigenvalue weighted by atomic mass is 10.1. The quantitative estimate of drug-likeness (QED) is 0.664. The smallest absolute Gasteiger partial charge is 0.314 e. The van der Waals surface area contributed by atoms with Gasteiger partial charge in [0.2, 0.25) is 0 Å². The Morgan fingerprint density at radius 1 is 1.04 bits per heavy atom. The van der Waals surface area contributed by atoms with Crippen molar-refractivity contribution in [1.82, 2.24) is 15.5 Å². The molecule has 0 aromatic heterocycles. The first-order valence-corrected chi connectivity index (χ1v) is 8.64. The van der Waals surface area contributed by atoms with Gasteiger partial charge >= 0.3 is 6.03 Å². The number of benzene rings is 2. The highest BCUT2D eigenvalue weighted by atomic mass is 19.1. The van der Waals surface area contributed by atoms with Crippen molar-refractivity contribution in [3.8, 4) is 5.75 Å². The summed E-state index contributed by atoms with van der Waals surface area (Å²) < 4.78 is 12.9. The van der Waals surface area contributed by atoms with Gasteiger partial charge in [-0.05, 0) is 62.3 Å². The van der Waals surface area contributed by atoms with Crippen molar-refractivity contribution in [3.63, 3.8) is 0 Å². The molecule has 0 aliphatic heterocycles.